The van der Waals surface area contributed by atoms with E-state index in [1.807, 2.05) is 13.0 Å². The number of nitrogens with zero attached hydrogens (tertiary/aromatic N) is 3. The summed E-state index contributed by atoms with van der Waals surface area (Å²) in [4.78, 5) is 11.1. The average Bonchev–Trinajstić information content (AvgIpc) is 2.72. The number of sulfonamides is 1. The van der Waals surface area contributed by atoms with E-state index in [1.165, 1.54) is 12.1 Å². The lowest BCUT2D eigenvalue weighted by molar-refractivity contribution is 0.601. The van der Waals surface area contributed by atoms with Gasteiger partial charge in [0.15, 0.2) is 0 Å². The highest BCUT2D eigenvalue weighted by Gasteiger charge is 2.19. The minimum absolute atomic E-state index is 0.0274. The van der Waals surface area contributed by atoms with E-state index in [2.05, 4.69) is 38.8 Å². The molecule has 3 aromatic rings. The quantitative estimate of drug-likeness (QED) is 0.412. The van der Waals surface area contributed by atoms with Crippen LogP contribution in [0.5, 0.6) is 0 Å². The lowest BCUT2D eigenvalue weighted by atomic mass is 10.2. The maximum Gasteiger partial charge on any atom is 0.263 e. The summed E-state index contributed by atoms with van der Waals surface area (Å²) in [5.41, 5.74) is 2.60. The zero-order valence-electron chi connectivity index (χ0n) is 18.3. The smallest absolute Gasteiger partial charge is 0.263 e. The molecule has 0 radical (unpaired) electrons. The molecule has 10 heteroatoms. The van der Waals surface area contributed by atoms with Crippen LogP contribution in [0, 0.1) is 13.8 Å². The van der Waals surface area contributed by atoms with Crippen LogP contribution in [0.15, 0.2) is 47.4 Å². The molecule has 0 amide bonds. The lowest BCUT2D eigenvalue weighted by Crippen LogP contribution is -2.23. The van der Waals surface area contributed by atoms with Gasteiger partial charge >= 0.3 is 0 Å². The minimum Gasteiger partial charge on any atom is -0.357 e. The van der Waals surface area contributed by atoms with E-state index in [9.17, 15) is 8.42 Å². The van der Waals surface area contributed by atoms with Crippen LogP contribution in [-0.2, 0) is 10.0 Å². The molecule has 7 nitrogen and oxygen atoms in total. The van der Waals surface area contributed by atoms with E-state index in [0.29, 0.717) is 22.2 Å². The van der Waals surface area contributed by atoms with Gasteiger partial charge < -0.3 is 10.2 Å². The summed E-state index contributed by atoms with van der Waals surface area (Å²) >= 11 is 12.1. The van der Waals surface area contributed by atoms with Crippen molar-refractivity contribution in [3.8, 4) is 0 Å². The second kappa shape index (κ2) is 9.94. The fourth-order valence-corrected chi connectivity index (χ4v) is 5.01. The molecule has 0 saturated heterocycles. The molecule has 1 heterocycles. The Balaban J connectivity index is 1.78. The van der Waals surface area contributed by atoms with E-state index in [0.717, 1.165) is 30.3 Å². The number of aryl methyl sites for hydroxylation is 2. The summed E-state index contributed by atoms with van der Waals surface area (Å²) in [5.74, 6) is 1.33. The summed E-state index contributed by atoms with van der Waals surface area (Å²) in [6, 6.07) is 11.6. The van der Waals surface area contributed by atoms with Crippen LogP contribution in [-0.4, -0.2) is 31.5 Å². The molecule has 0 atom stereocenters. The summed E-state index contributed by atoms with van der Waals surface area (Å²) in [6.07, 6.45) is 0. The van der Waals surface area contributed by atoms with Crippen LogP contribution >= 0.6 is 23.2 Å². The molecule has 0 saturated carbocycles. The second-order valence-electron chi connectivity index (χ2n) is 7.20. The molecule has 0 aliphatic heterocycles. The van der Waals surface area contributed by atoms with Crippen LogP contribution in [0.1, 0.15) is 25.1 Å². The van der Waals surface area contributed by atoms with Crippen LogP contribution < -0.4 is 14.9 Å². The highest BCUT2D eigenvalue weighted by atomic mass is 35.5. The van der Waals surface area contributed by atoms with Gasteiger partial charge in [-0.3, -0.25) is 4.72 Å². The Kier molecular flexibility index (Phi) is 7.48. The summed E-state index contributed by atoms with van der Waals surface area (Å²) in [7, 11) is -3.87. The molecule has 1 aromatic heterocycles. The number of benzene rings is 2. The SMILES string of the molecule is CCN(CC)c1cc(C)nc(Nc2ccc(NS(=O)(=O)c3cc(C)c(Cl)cc3Cl)cc2)n1. The number of rotatable bonds is 8. The third-order valence-corrected chi connectivity index (χ3v) is 7.08. The van der Waals surface area contributed by atoms with Crippen molar-refractivity contribution in [1.82, 2.24) is 9.97 Å². The predicted molar refractivity (Wildman–Crippen MR) is 132 cm³/mol. The maximum absolute atomic E-state index is 12.8. The summed E-state index contributed by atoms with van der Waals surface area (Å²) < 4.78 is 28.1. The van der Waals surface area contributed by atoms with Gasteiger partial charge in [0.25, 0.3) is 10.0 Å². The molecule has 2 aromatic carbocycles. The van der Waals surface area contributed by atoms with E-state index in [1.54, 1.807) is 31.2 Å². The largest absolute Gasteiger partial charge is 0.357 e. The average molecular weight is 494 g/mol. The van der Waals surface area contributed by atoms with E-state index >= 15 is 0 Å². The van der Waals surface area contributed by atoms with Crippen LogP contribution in [0.2, 0.25) is 10.0 Å². The molecular weight excluding hydrogens is 469 g/mol. The van der Waals surface area contributed by atoms with Crippen molar-refractivity contribution in [2.24, 2.45) is 0 Å². The highest BCUT2D eigenvalue weighted by Crippen LogP contribution is 2.30. The topological polar surface area (TPSA) is 87.2 Å². The number of halogens is 2. The van der Waals surface area contributed by atoms with Crippen molar-refractivity contribution in [2.75, 3.05) is 28.0 Å². The monoisotopic (exact) mass is 493 g/mol. The number of nitrogens with one attached hydrogen (secondary N) is 2. The van der Waals surface area contributed by atoms with Gasteiger partial charge in [-0.25, -0.2) is 13.4 Å². The fraction of sp³-hybridized carbons (Fsp3) is 0.273. The van der Waals surface area contributed by atoms with Gasteiger partial charge in [0.2, 0.25) is 5.95 Å². The molecule has 0 aliphatic carbocycles. The molecule has 170 valence electrons. The van der Waals surface area contributed by atoms with Gasteiger partial charge in [0, 0.05) is 41.2 Å². The van der Waals surface area contributed by atoms with Crippen molar-refractivity contribution in [1.29, 1.82) is 0 Å². The van der Waals surface area contributed by atoms with E-state index in [4.69, 9.17) is 23.2 Å². The maximum atomic E-state index is 12.8. The van der Waals surface area contributed by atoms with Gasteiger partial charge in [-0.2, -0.15) is 4.98 Å². The fourth-order valence-electron chi connectivity index (χ4n) is 3.11. The standard InChI is InChI=1S/C22H25Cl2N5O2S/c1-5-29(6-2)21-12-15(4)25-22(27-21)26-16-7-9-17(10-8-16)28-32(30,31)20-11-14(3)18(23)13-19(20)24/h7-13,28H,5-6H2,1-4H3,(H,25,26,27). The van der Waals surface area contributed by atoms with Crippen molar-refractivity contribution in [3.05, 3.63) is 63.8 Å². The molecule has 0 aliphatic rings. The molecule has 0 unspecified atom stereocenters. The zero-order chi connectivity index (χ0) is 23.5. The molecule has 3 rings (SSSR count). The van der Waals surface area contributed by atoms with Crippen molar-refractivity contribution in [3.63, 3.8) is 0 Å². The van der Waals surface area contributed by atoms with Gasteiger partial charge in [0.05, 0.1) is 5.02 Å². The van der Waals surface area contributed by atoms with Gasteiger partial charge in [-0.15, -0.1) is 0 Å². The molecule has 0 spiro atoms. The van der Waals surface area contributed by atoms with Gasteiger partial charge in [-0.1, -0.05) is 23.2 Å². The first-order chi connectivity index (χ1) is 15.1. The second-order valence-corrected chi connectivity index (χ2v) is 9.67. The Morgan fingerprint density at radius 3 is 2.16 bits per heavy atom. The molecule has 32 heavy (non-hydrogen) atoms. The first kappa shape index (κ1) is 24.1. The van der Waals surface area contributed by atoms with Gasteiger partial charge in [-0.05, 0) is 69.7 Å². The zero-order valence-corrected chi connectivity index (χ0v) is 20.6. The lowest BCUT2D eigenvalue weighted by Gasteiger charge is -2.20. The Bertz CT molecular complexity index is 1210. The number of hydrogen-bond acceptors (Lipinski definition) is 6. The third kappa shape index (κ3) is 5.62. The third-order valence-electron chi connectivity index (χ3n) is 4.82. The number of hydrogen-bond donors (Lipinski definition) is 2. The van der Waals surface area contributed by atoms with Gasteiger partial charge in [0.1, 0.15) is 10.7 Å². The Hall–Kier alpha value is -2.55. The normalized spacial score (nSPS) is 11.3. The Morgan fingerprint density at radius 2 is 1.53 bits per heavy atom. The minimum atomic E-state index is -3.87. The summed E-state index contributed by atoms with van der Waals surface area (Å²) in [5, 5.41) is 3.64. The van der Waals surface area contributed by atoms with E-state index in [-0.39, 0.29) is 9.92 Å². The first-order valence-corrected chi connectivity index (χ1v) is 12.3. The highest BCUT2D eigenvalue weighted by molar-refractivity contribution is 7.92. The first-order valence-electron chi connectivity index (χ1n) is 10.1. The van der Waals surface area contributed by atoms with Crippen molar-refractivity contribution in [2.45, 2.75) is 32.6 Å². The molecular formula is C22H25Cl2N5O2S. The van der Waals surface area contributed by atoms with Crippen molar-refractivity contribution >= 4 is 56.4 Å². The Labute approximate surface area is 198 Å². The van der Waals surface area contributed by atoms with Crippen molar-refractivity contribution < 1.29 is 8.42 Å². The number of aromatic nitrogens is 2. The molecule has 0 fully saturated rings. The van der Waals surface area contributed by atoms with Crippen LogP contribution in [0.4, 0.5) is 23.1 Å². The summed E-state index contributed by atoms with van der Waals surface area (Å²) in [6.45, 7) is 9.48. The Morgan fingerprint density at radius 1 is 0.906 bits per heavy atom. The molecule has 0 bridgehead atoms. The van der Waals surface area contributed by atoms with Crippen LogP contribution in [0.3, 0.4) is 0 Å². The van der Waals surface area contributed by atoms with E-state index < -0.39 is 10.0 Å². The predicted octanol–water partition coefficient (Wildman–Crippen LogP) is 5.79. The van der Waals surface area contributed by atoms with Crippen LogP contribution in [0.25, 0.3) is 0 Å². The number of anilines is 4. The molecule has 2 N–H and O–H groups in total.